The fourth-order valence-electron chi connectivity index (χ4n) is 2.88. The Morgan fingerprint density at radius 1 is 1.25 bits per heavy atom. The van der Waals surface area contributed by atoms with Crippen LogP contribution in [0, 0.1) is 0 Å². The summed E-state index contributed by atoms with van der Waals surface area (Å²) in [6.07, 6.45) is 2.20. The van der Waals surface area contributed by atoms with Crippen molar-refractivity contribution in [3.63, 3.8) is 0 Å². The Labute approximate surface area is 118 Å². The Morgan fingerprint density at radius 2 is 2.05 bits per heavy atom. The van der Waals surface area contributed by atoms with Gasteiger partial charge in [0.15, 0.2) is 0 Å². The van der Waals surface area contributed by atoms with Crippen LogP contribution in [0.4, 0.5) is 10.5 Å². The number of hydrogen-bond donors (Lipinski definition) is 1. The number of carbonyl (C=O) groups excluding carboxylic acids is 1. The van der Waals surface area contributed by atoms with Gasteiger partial charge in [0, 0.05) is 38.0 Å². The molecule has 1 aromatic carbocycles. The average molecular weight is 276 g/mol. The molecule has 1 spiro atoms. The molecule has 1 amide bonds. The SMILES string of the molecule is NCc1cccc(N2CCC3(CCOCC3)OC2=O)c1. The van der Waals surface area contributed by atoms with E-state index in [0.717, 1.165) is 30.5 Å². The average Bonchev–Trinajstić information content (AvgIpc) is 2.48. The van der Waals surface area contributed by atoms with E-state index in [1.54, 1.807) is 4.90 Å². The van der Waals surface area contributed by atoms with E-state index in [1.807, 2.05) is 24.3 Å². The molecule has 2 fully saturated rings. The maximum atomic E-state index is 12.3. The van der Waals surface area contributed by atoms with Gasteiger partial charge in [-0.15, -0.1) is 0 Å². The second-order valence-corrected chi connectivity index (χ2v) is 5.44. The lowest BCUT2D eigenvalue weighted by Gasteiger charge is -2.43. The van der Waals surface area contributed by atoms with Crippen molar-refractivity contribution in [2.24, 2.45) is 5.73 Å². The first-order valence-electron chi connectivity index (χ1n) is 7.10. The summed E-state index contributed by atoms with van der Waals surface area (Å²) in [6, 6.07) is 7.74. The first-order chi connectivity index (χ1) is 9.72. The first kappa shape index (κ1) is 13.4. The Bertz CT molecular complexity index is 498. The lowest BCUT2D eigenvalue weighted by molar-refractivity contribution is -0.0805. The Hall–Kier alpha value is -1.59. The zero-order valence-electron chi connectivity index (χ0n) is 11.5. The van der Waals surface area contributed by atoms with Gasteiger partial charge in [0.2, 0.25) is 0 Å². The van der Waals surface area contributed by atoms with E-state index in [2.05, 4.69) is 0 Å². The summed E-state index contributed by atoms with van der Waals surface area (Å²) in [6.45, 7) is 2.51. The third-order valence-corrected chi connectivity index (χ3v) is 4.18. The van der Waals surface area contributed by atoms with E-state index >= 15 is 0 Å². The first-order valence-corrected chi connectivity index (χ1v) is 7.10. The highest BCUT2D eigenvalue weighted by molar-refractivity contribution is 5.88. The maximum absolute atomic E-state index is 12.3. The maximum Gasteiger partial charge on any atom is 0.414 e. The molecule has 108 valence electrons. The number of hydrogen-bond acceptors (Lipinski definition) is 4. The molecule has 0 atom stereocenters. The quantitative estimate of drug-likeness (QED) is 0.897. The van der Waals surface area contributed by atoms with Gasteiger partial charge in [-0.3, -0.25) is 4.90 Å². The van der Waals surface area contributed by atoms with Gasteiger partial charge >= 0.3 is 6.09 Å². The standard InChI is InChI=1S/C15H20N2O3/c16-11-12-2-1-3-13(10-12)17-7-4-15(20-14(17)18)5-8-19-9-6-15/h1-3,10H,4-9,11,16H2. The van der Waals surface area contributed by atoms with E-state index in [0.29, 0.717) is 26.3 Å². The molecule has 0 aliphatic carbocycles. The number of amides is 1. The molecule has 2 aliphatic heterocycles. The molecule has 2 aliphatic rings. The number of carbonyl (C=O) groups is 1. The van der Waals surface area contributed by atoms with Gasteiger partial charge in [0.25, 0.3) is 0 Å². The molecule has 5 heteroatoms. The summed E-state index contributed by atoms with van der Waals surface area (Å²) in [5, 5.41) is 0. The summed E-state index contributed by atoms with van der Waals surface area (Å²) in [4.78, 5) is 14.0. The largest absolute Gasteiger partial charge is 0.442 e. The number of nitrogens with two attached hydrogens (primary N) is 1. The van der Waals surface area contributed by atoms with Crippen molar-refractivity contribution in [1.29, 1.82) is 0 Å². The smallest absolute Gasteiger partial charge is 0.414 e. The van der Waals surface area contributed by atoms with Gasteiger partial charge in [0.05, 0.1) is 13.2 Å². The zero-order chi connectivity index (χ0) is 14.0. The number of anilines is 1. The van der Waals surface area contributed by atoms with E-state index in [4.69, 9.17) is 15.2 Å². The summed E-state index contributed by atoms with van der Waals surface area (Å²) in [5.41, 5.74) is 7.21. The van der Waals surface area contributed by atoms with Crippen LogP contribution in [0.5, 0.6) is 0 Å². The zero-order valence-corrected chi connectivity index (χ0v) is 11.5. The molecule has 0 radical (unpaired) electrons. The van der Waals surface area contributed by atoms with Crippen LogP contribution in [0.3, 0.4) is 0 Å². The molecule has 1 aromatic rings. The Balaban J connectivity index is 1.75. The molecule has 5 nitrogen and oxygen atoms in total. The minimum absolute atomic E-state index is 0.257. The highest BCUT2D eigenvalue weighted by atomic mass is 16.6. The van der Waals surface area contributed by atoms with Crippen molar-refractivity contribution in [2.45, 2.75) is 31.4 Å². The van der Waals surface area contributed by atoms with Crippen LogP contribution in [0.2, 0.25) is 0 Å². The lowest BCUT2D eigenvalue weighted by Crippen LogP contribution is -2.52. The van der Waals surface area contributed by atoms with Crippen LogP contribution in [0.1, 0.15) is 24.8 Å². The lowest BCUT2D eigenvalue weighted by atomic mass is 9.89. The van der Waals surface area contributed by atoms with Crippen LogP contribution < -0.4 is 10.6 Å². The monoisotopic (exact) mass is 276 g/mol. The fraction of sp³-hybridized carbons (Fsp3) is 0.533. The van der Waals surface area contributed by atoms with Gasteiger partial charge in [-0.25, -0.2) is 4.79 Å². The van der Waals surface area contributed by atoms with E-state index in [1.165, 1.54) is 0 Å². The molecule has 2 heterocycles. The summed E-state index contributed by atoms with van der Waals surface area (Å²) in [5.74, 6) is 0. The van der Waals surface area contributed by atoms with Crippen molar-refractivity contribution in [1.82, 2.24) is 0 Å². The predicted octanol–water partition coefficient (Wildman–Crippen LogP) is 2.04. The number of ether oxygens (including phenoxy) is 2. The van der Waals surface area contributed by atoms with Crippen LogP contribution >= 0.6 is 0 Å². The molecule has 0 aromatic heterocycles. The molecule has 2 saturated heterocycles. The third kappa shape index (κ3) is 2.51. The van der Waals surface area contributed by atoms with Crippen molar-refractivity contribution in [3.05, 3.63) is 29.8 Å². The van der Waals surface area contributed by atoms with Crippen LogP contribution in [-0.2, 0) is 16.0 Å². The molecule has 0 saturated carbocycles. The van der Waals surface area contributed by atoms with Crippen molar-refractivity contribution < 1.29 is 14.3 Å². The van der Waals surface area contributed by atoms with E-state index < -0.39 is 0 Å². The van der Waals surface area contributed by atoms with Gasteiger partial charge in [-0.1, -0.05) is 12.1 Å². The van der Waals surface area contributed by atoms with Gasteiger partial charge in [0.1, 0.15) is 5.60 Å². The summed E-state index contributed by atoms with van der Waals surface area (Å²) in [7, 11) is 0. The second kappa shape index (κ2) is 5.42. The molecule has 3 rings (SSSR count). The highest BCUT2D eigenvalue weighted by Crippen LogP contribution is 2.34. The normalized spacial score (nSPS) is 21.9. The van der Waals surface area contributed by atoms with Crippen molar-refractivity contribution in [3.8, 4) is 0 Å². The van der Waals surface area contributed by atoms with E-state index in [9.17, 15) is 4.79 Å². The molecule has 0 bridgehead atoms. The third-order valence-electron chi connectivity index (χ3n) is 4.18. The van der Waals surface area contributed by atoms with E-state index in [-0.39, 0.29) is 11.7 Å². The summed E-state index contributed by atoms with van der Waals surface area (Å²) < 4.78 is 11.1. The number of rotatable bonds is 2. The highest BCUT2D eigenvalue weighted by Gasteiger charge is 2.42. The second-order valence-electron chi connectivity index (χ2n) is 5.44. The van der Waals surface area contributed by atoms with Gasteiger partial charge < -0.3 is 15.2 Å². The van der Waals surface area contributed by atoms with Crippen LogP contribution in [0.15, 0.2) is 24.3 Å². The van der Waals surface area contributed by atoms with Crippen LogP contribution in [0.25, 0.3) is 0 Å². The van der Waals surface area contributed by atoms with Crippen molar-refractivity contribution >= 4 is 11.8 Å². The van der Waals surface area contributed by atoms with Crippen molar-refractivity contribution in [2.75, 3.05) is 24.7 Å². The molecule has 20 heavy (non-hydrogen) atoms. The molecule has 2 N–H and O–H groups in total. The minimum Gasteiger partial charge on any atom is -0.442 e. The molecule has 0 unspecified atom stereocenters. The Kier molecular flexibility index (Phi) is 3.63. The molecular formula is C15H20N2O3. The predicted molar refractivity (Wildman–Crippen MR) is 75.6 cm³/mol. The summed E-state index contributed by atoms with van der Waals surface area (Å²) >= 11 is 0. The van der Waals surface area contributed by atoms with Gasteiger partial charge in [-0.2, -0.15) is 0 Å². The topological polar surface area (TPSA) is 64.8 Å². The number of nitrogens with zero attached hydrogens (tertiary/aromatic N) is 1. The minimum atomic E-state index is -0.308. The fourth-order valence-corrected chi connectivity index (χ4v) is 2.88. The number of benzene rings is 1. The van der Waals surface area contributed by atoms with Gasteiger partial charge in [-0.05, 0) is 17.7 Å². The molecular weight excluding hydrogens is 256 g/mol. The Morgan fingerprint density at radius 3 is 2.75 bits per heavy atom. The van der Waals surface area contributed by atoms with Crippen LogP contribution in [-0.4, -0.2) is 31.5 Å².